The van der Waals surface area contributed by atoms with E-state index in [1.807, 2.05) is 19.9 Å². The van der Waals surface area contributed by atoms with Gasteiger partial charge in [-0.15, -0.1) is 0 Å². The van der Waals surface area contributed by atoms with Gasteiger partial charge in [0, 0.05) is 44.7 Å². The van der Waals surface area contributed by atoms with Gasteiger partial charge in [0.2, 0.25) is 5.89 Å². The molecule has 3 rings (SSSR count). The quantitative estimate of drug-likeness (QED) is 0.782. The number of aliphatic hydroxyl groups is 1. The highest BCUT2D eigenvalue weighted by atomic mass is 16.5. The molecule has 7 heteroatoms. The minimum atomic E-state index is 0.166. The van der Waals surface area contributed by atoms with Gasteiger partial charge in [-0.2, -0.15) is 4.98 Å². The first kappa shape index (κ1) is 20.6. The summed E-state index contributed by atoms with van der Waals surface area (Å²) in [4.78, 5) is 9.15. The van der Waals surface area contributed by atoms with Crippen molar-refractivity contribution in [2.75, 3.05) is 38.3 Å². The lowest BCUT2D eigenvalue weighted by Crippen LogP contribution is -2.53. The second-order valence-electron chi connectivity index (χ2n) is 7.85. The summed E-state index contributed by atoms with van der Waals surface area (Å²) in [5.41, 5.74) is 3.76. The number of benzene rings is 1. The van der Waals surface area contributed by atoms with Gasteiger partial charge in [0.1, 0.15) is 5.75 Å². The number of piperazine rings is 1. The number of hydrogen-bond donors (Lipinski definition) is 1. The lowest BCUT2D eigenvalue weighted by Gasteiger charge is -2.41. The SMILES string of the molecule is COc1ccc(CN2CCN(c3noc(C(C)C)n3)CC2CCO)c(C)c1C. The lowest BCUT2D eigenvalue weighted by molar-refractivity contribution is 0.134. The Morgan fingerprint density at radius 1 is 1.25 bits per heavy atom. The Morgan fingerprint density at radius 3 is 2.68 bits per heavy atom. The number of rotatable bonds is 7. The molecule has 1 aliphatic rings. The van der Waals surface area contributed by atoms with Crippen molar-refractivity contribution in [3.8, 4) is 5.75 Å². The second-order valence-corrected chi connectivity index (χ2v) is 7.85. The van der Waals surface area contributed by atoms with E-state index in [0.29, 0.717) is 11.8 Å². The summed E-state index contributed by atoms with van der Waals surface area (Å²) in [6.07, 6.45) is 0.722. The zero-order chi connectivity index (χ0) is 20.3. The topological polar surface area (TPSA) is 74.9 Å². The Morgan fingerprint density at radius 2 is 2.04 bits per heavy atom. The predicted octanol–water partition coefficient (Wildman–Crippen LogP) is 2.89. The van der Waals surface area contributed by atoms with Crippen LogP contribution in [0.1, 0.15) is 48.8 Å². The maximum atomic E-state index is 9.59. The molecule has 1 fully saturated rings. The Balaban J connectivity index is 1.73. The van der Waals surface area contributed by atoms with Crippen LogP contribution >= 0.6 is 0 Å². The summed E-state index contributed by atoms with van der Waals surface area (Å²) < 4.78 is 10.8. The highest BCUT2D eigenvalue weighted by molar-refractivity contribution is 5.43. The molecule has 1 unspecified atom stereocenters. The monoisotopic (exact) mass is 388 g/mol. The molecule has 154 valence electrons. The first-order valence-electron chi connectivity index (χ1n) is 10.0. The van der Waals surface area contributed by atoms with Gasteiger partial charge in [0.25, 0.3) is 5.95 Å². The zero-order valence-corrected chi connectivity index (χ0v) is 17.6. The summed E-state index contributed by atoms with van der Waals surface area (Å²) in [5.74, 6) is 2.47. The van der Waals surface area contributed by atoms with Crippen molar-refractivity contribution in [1.82, 2.24) is 15.0 Å². The minimum absolute atomic E-state index is 0.166. The molecule has 28 heavy (non-hydrogen) atoms. The fraction of sp³-hybridized carbons (Fsp3) is 0.619. The van der Waals surface area contributed by atoms with E-state index in [1.54, 1.807) is 7.11 Å². The summed E-state index contributed by atoms with van der Waals surface area (Å²) in [5, 5.41) is 13.7. The van der Waals surface area contributed by atoms with Crippen molar-refractivity contribution in [2.24, 2.45) is 0 Å². The standard InChI is InChI=1S/C21H32N4O3/c1-14(2)20-22-21(23-28-20)25-10-9-24(18(13-25)8-11-26)12-17-6-7-19(27-5)16(4)15(17)3/h6-7,14,18,26H,8-13H2,1-5H3. The average molecular weight is 389 g/mol. The van der Waals surface area contributed by atoms with E-state index in [9.17, 15) is 5.11 Å². The predicted molar refractivity (Wildman–Crippen MR) is 109 cm³/mol. The van der Waals surface area contributed by atoms with Crippen molar-refractivity contribution in [2.45, 2.75) is 52.6 Å². The summed E-state index contributed by atoms with van der Waals surface area (Å²) in [6.45, 7) is 11.9. The fourth-order valence-corrected chi connectivity index (χ4v) is 3.76. The number of aliphatic hydroxyl groups excluding tert-OH is 1. The number of nitrogens with zero attached hydrogens (tertiary/aromatic N) is 4. The number of hydrogen-bond acceptors (Lipinski definition) is 7. The lowest BCUT2D eigenvalue weighted by atomic mass is 10.00. The van der Waals surface area contributed by atoms with Crippen LogP contribution < -0.4 is 9.64 Å². The Kier molecular flexibility index (Phi) is 6.57. The van der Waals surface area contributed by atoms with Crippen LogP contribution in [-0.2, 0) is 6.54 Å². The van der Waals surface area contributed by atoms with Crippen LogP contribution in [0.4, 0.5) is 5.95 Å². The van der Waals surface area contributed by atoms with Gasteiger partial charge in [0.15, 0.2) is 0 Å². The molecule has 1 saturated heterocycles. The van der Waals surface area contributed by atoms with Gasteiger partial charge < -0.3 is 19.3 Å². The maximum Gasteiger partial charge on any atom is 0.266 e. The van der Waals surface area contributed by atoms with Gasteiger partial charge in [-0.3, -0.25) is 4.90 Å². The Bertz CT molecular complexity index is 790. The highest BCUT2D eigenvalue weighted by Crippen LogP contribution is 2.27. The molecule has 2 aromatic rings. The van der Waals surface area contributed by atoms with Crippen LogP contribution in [0.3, 0.4) is 0 Å². The smallest absolute Gasteiger partial charge is 0.266 e. The summed E-state index contributed by atoms with van der Waals surface area (Å²) in [6, 6.07) is 4.43. The Hall–Kier alpha value is -2.12. The number of ether oxygens (including phenoxy) is 1. The van der Waals surface area contributed by atoms with Crippen LogP contribution in [-0.4, -0.2) is 59.5 Å². The van der Waals surface area contributed by atoms with Crippen LogP contribution in [0.2, 0.25) is 0 Å². The third kappa shape index (κ3) is 4.31. The maximum absolute atomic E-state index is 9.59. The van der Waals surface area contributed by atoms with Crippen molar-refractivity contribution >= 4 is 5.95 Å². The molecule has 1 atom stereocenters. The first-order chi connectivity index (χ1) is 13.4. The number of methoxy groups -OCH3 is 1. The molecule has 0 amide bonds. The van der Waals surface area contributed by atoms with Gasteiger partial charge in [-0.05, 0) is 48.2 Å². The molecule has 0 saturated carbocycles. The van der Waals surface area contributed by atoms with Gasteiger partial charge in [-0.25, -0.2) is 0 Å². The summed E-state index contributed by atoms with van der Waals surface area (Å²) >= 11 is 0. The second kappa shape index (κ2) is 8.92. The van der Waals surface area contributed by atoms with E-state index in [4.69, 9.17) is 9.26 Å². The molecular formula is C21H32N4O3. The van der Waals surface area contributed by atoms with Crippen molar-refractivity contribution < 1.29 is 14.4 Å². The zero-order valence-electron chi connectivity index (χ0n) is 17.6. The van der Waals surface area contributed by atoms with E-state index in [2.05, 4.69) is 39.9 Å². The van der Waals surface area contributed by atoms with Gasteiger partial charge in [-0.1, -0.05) is 19.9 Å². The van der Waals surface area contributed by atoms with Crippen LogP contribution in [0.25, 0.3) is 0 Å². The molecular weight excluding hydrogens is 356 g/mol. The highest BCUT2D eigenvalue weighted by Gasteiger charge is 2.29. The van der Waals surface area contributed by atoms with Crippen molar-refractivity contribution in [3.05, 3.63) is 34.7 Å². The molecule has 1 N–H and O–H groups in total. The van der Waals surface area contributed by atoms with Crippen LogP contribution in [0.15, 0.2) is 16.7 Å². The molecule has 1 aromatic heterocycles. The van der Waals surface area contributed by atoms with E-state index < -0.39 is 0 Å². The average Bonchev–Trinajstić information content (AvgIpc) is 3.17. The summed E-state index contributed by atoms with van der Waals surface area (Å²) in [7, 11) is 1.71. The van der Waals surface area contributed by atoms with Crippen LogP contribution in [0, 0.1) is 13.8 Å². The molecule has 2 heterocycles. The third-order valence-electron chi connectivity index (χ3n) is 5.72. The molecule has 1 aromatic carbocycles. The molecule has 0 aliphatic carbocycles. The molecule has 0 spiro atoms. The Labute approximate surface area is 167 Å². The van der Waals surface area contributed by atoms with E-state index in [-0.39, 0.29) is 18.6 Å². The van der Waals surface area contributed by atoms with Crippen molar-refractivity contribution in [1.29, 1.82) is 0 Å². The van der Waals surface area contributed by atoms with Gasteiger partial charge in [0.05, 0.1) is 7.11 Å². The fourth-order valence-electron chi connectivity index (χ4n) is 3.76. The van der Waals surface area contributed by atoms with E-state index >= 15 is 0 Å². The van der Waals surface area contributed by atoms with E-state index in [0.717, 1.165) is 38.3 Å². The van der Waals surface area contributed by atoms with Crippen LogP contribution in [0.5, 0.6) is 5.75 Å². The number of anilines is 1. The van der Waals surface area contributed by atoms with Crippen molar-refractivity contribution in [3.63, 3.8) is 0 Å². The number of aromatic nitrogens is 2. The minimum Gasteiger partial charge on any atom is -0.496 e. The molecule has 0 radical (unpaired) electrons. The first-order valence-corrected chi connectivity index (χ1v) is 10.0. The molecule has 1 aliphatic heterocycles. The van der Waals surface area contributed by atoms with E-state index in [1.165, 1.54) is 16.7 Å². The molecule has 0 bridgehead atoms. The largest absolute Gasteiger partial charge is 0.496 e. The normalized spacial score (nSPS) is 18.1. The third-order valence-corrected chi connectivity index (χ3v) is 5.72. The van der Waals surface area contributed by atoms with Gasteiger partial charge >= 0.3 is 0 Å². The molecule has 7 nitrogen and oxygen atoms in total.